The normalized spacial score (nSPS) is 13.0. The van der Waals surface area contributed by atoms with E-state index in [2.05, 4.69) is 24.8 Å². The van der Waals surface area contributed by atoms with Crippen molar-refractivity contribution < 1.29 is 9.35 Å². The summed E-state index contributed by atoms with van der Waals surface area (Å²) in [7, 11) is 1.87. The Morgan fingerprint density at radius 1 is 1.00 bits per heavy atom. The predicted octanol–water partition coefficient (Wildman–Crippen LogP) is 5.34. The summed E-state index contributed by atoms with van der Waals surface area (Å²) in [6.07, 6.45) is 5.25. The third kappa shape index (κ3) is 5.73. The number of hydrogen-bond donors (Lipinski definition) is 1. The number of carbonyl (C=O) groups excluding carboxylic acids is 1. The first-order valence-corrected chi connectivity index (χ1v) is 13.6. The molecule has 3 heterocycles. The zero-order valence-electron chi connectivity index (χ0n) is 21.8. The summed E-state index contributed by atoms with van der Waals surface area (Å²) in [6, 6.07) is 17.9. The molecule has 0 aliphatic carbocycles. The Morgan fingerprint density at radius 3 is 2.36 bits per heavy atom. The molecule has 0 aliphatic heterocycles. The Balaban J connectivity index is 1.45. The summed E-state index contributed by atoms with van der Waals surface area (Å²) in [5, 5.41) is 7.68. The van der Waals surface area contributed by atoms with Gasteiger partial charge in [-0.15, -0.1) is 0 Å². The van der Waals surface area contributed by atoms with Gasteiger partial charge in [0, 0.05) is 40.6 Å². The highest BCUT2D eigenvalue weighted by Gasteiger charge is 2.29. The second-order valence-corrected chi connectivity index (χ2v) is 12.2. The molecular formula is C28H26ClN7O2S. The lowest BCUT2D eigenvalue weighted by molar-refractivity contribution is -0.110. The van der Waals surface area contributed by atoms with Crippen molar-refractivity contribution in [2.24, 2.45) is 11.4 Å². The van der Waals surface area contributed by atoms with E-state index in [1.165, 1.54) is 6.33 Å². The lowest BCUT2D eigenvalue weighted by Gasteiger charge is -2.19. The molecule has 0 fully saturated rings. The van der Waals surface area contributed by atoms with E-state index in [0.29, 0.717) is 22.1 Å². The van der Waals surface area contributed by atoms with Gasteiger partial charge in [0.15, 0.2) is 5.71 Å². The number of anilines is 1. The van der Waals surface area contributed by atoms with Gasteiger partial charge in [0.05, 0.1) is 11.9 Å². The second kappa shape index (κ2) is 10.6. The predicted molar refractivity (Wildman–Crippen MR) is 155 cm³/mol. The van der Waals surface area contributed by atoms with Gasteiger partial charge < -0.3 is 9.87 Å². The number of nitrogens with one attached hydrogen (secondary N) is 1. The first-order valence-electron chi connectivity index (χ1n) is 12.1. The second-order valence-electron chi connectivity index (χ2n) is 9.85. The average Bonchev–Trinajstić information content (AvgIpc) is 3.53. The molecule has 1 amide bonds. The molecule has 1 N–H and O–H groups in total. The molecule has 0 saturated carbocycles. The van der Waals surface area contributed by atoms with Crippen molar-refractivity contribution in [2.75, 3.05) is 5.32 Å². The molecule has 5 aromatic rings. The van der Waals surface area contributed by atoms with Gasteiger partial charge in [-0.05, 0) is 69.3 Å². The van der Waals surface area contributed by atoms with Gasteiger partial charge in [0.1, 0.15) is 33.9 Å². The van der Waals surface area contributed by atoms with Crippen molar-refractivity contribution in [3.8, 4) is 22.6 Å². The Kier molecular flexibility index (Phi) is 7.26. The van der Waals surface area contributed by atoms with E-state index in [9.17, 15) is 9.35 Å². The van der Waals surface area contributed by atoms with Crippen molar-refractivity contribution in [3.05, 3.63) is 90.0 Å². The molecule has 2 aromatic carbocycles. The molecule has 3 aromatic heterocycles. The molecule has 0 radical (unpaired) electrons. The maximum atomic E-state index is 13.3. The minimum Gasteiger partial charge on any atom is -0.591 e. The largest absolute Gasteiger partial charge is 0.591 e. The van der Waals surface area contributed by atoms with Crippen LogP contribution in [-0.2, 0) is 23.2 Å². The summed E-state index contributed by atoms with van der Waals surface area (Å²) in [5.74, 6) is 0.224. The molecule has 39 heavy (non-hydrogen) atoms. The quantitative estimate of drug-likeness (QED) is 0.223. The number of aromatic nitrogens is 5. The smallest absolute Gasteiger partial charge is 0.279 e. The molecule has 5 rings (SSSR count). The molecule has 1 atom stereocenters. The number of hydrogen-bond acceptors (Lipinski definition) is 6. The number of rotatable bonds is 6. The highest BCUT2D eigenvalue weighted by molar-refractivity contribution is 7.91. The highest BCUT2D eigenvalue weighted by Crippen LogP contribution is 2.28. The van der Waals surface area contributed by atoms with Gasteiger partial charge >= 0.3 is 0 Å². The molecule has 0 aliphatic rings. The summed E-state index contributed by atoms with van der Waals surface area (Å²) >= 11 is 4.39. The van der Waals surface area contributed by atoms with Crippen LogP contribution in [0.25, 0.3) is 28.3 Å². The van der Waals surface area contributed by atoms with Crippen LogP contribution in [0, 0.1) is 0 Å². The summed E-state index contributed by atoms with van der Waals surface area (Å²) in [4.78, 5) is 22.2. The number of nitrogens with zero attached hydrogens (tertiary/aromatic N) is 6. The number of fused-ring (bicyclic) bond motifs is 1. The Labute approximate surface area is 233 Å². The Morgan fingerprint density at radius 2 is 1.72 bits per heavy atom. The minimum absolute atomic E-state index is 0.0648. The third-order valence-corrected chi connectivity index (χ3v) is 7.52. The number of carbonyl (C=O) groups is 1. The fourth-order valence-electron chi connectivity index (χ4n) is 3.88. The molecule has 198 valence electrons. The number of halogens is 1. The fraction of sp³-hybridized carbons (Fsp3) is 0.179. The van der Waals surface area contributed by atoms with Crippen LogP contribution in [0.1, 0.15) is 26.3 Å². The van der Waals surface area contributed by atoms with Crippen molar-refractivity contribution >= 4 is 45.9 Å². The lowest BCUT2D eigenvalue weighted by Crippen LogP contribution is -2.31. The zero-order chi connectivity index (χ0) is 27.7. The van der Waals surface area contributed by atoms with Gasteiger partial charge in [-0.2, -0.15) is 5.10 Å². The molecule has 11 heteroatoms. The van der Waals surface area contributed by atoms with Crippen LogP contribution in [0.4, 0.5) is 5.69 Å². The fourth-order valence-corrected chi connectivity index (χ4v) is 4.63. The van der Waals surface area contributed by atoms with Crippen LogP contribution in [0.3, 0.4) is 0 Å². The van der Waals surface area contributed by atoms with Crippen LogP contribution in [-0.4, -0.2) is 45.1 Å². The van der Waals surface area contributed by atoms with Crippen molar-refractivity contribution in [2.45, 2.75) is 25.5 Å². The molecule has 0 bridgehead atoms. The SMILES string of the molecule is Cn1cc(-c2ccc3ncnc(-c4ccc(NC(=O)C(=N[S+]([O-])C(C)(C)C)c5ccc(Cl)cc5)cc4)n23)cn1. The first-order chi connectivity index (χ1) is 18.6. The number of benzene rings is 2. The van der Waals surface area contributed by atoms with Gasteiger partial charge in [0.2, 0.25) is 0 Å². The van der Waals surface area contributed by atoms with Crippen molar-refractivity contribution in [1.29, 1.82) is 0 Å². The van der Waals surface area contributed by atoms with Crippen LogP contribution < -0.4 is 5.32 Å². The average molecular weight is 560 g/mol. The van der Waals surface area contributed by atoms with Crippen LogP contribution >= 0.6 is 11.6 Å². The summed E-state index contributed by atoms with van der Waals surface area (Å²) in [6.45, 7) is 5.41. The maximum Gasteiger partial charge on any atom is 0.279 e. The van der Waals surface area contributed by atoms with E-state index in [1.807, 2.05) is 41.9 Å². The molecule has 0 saturated heterocycles. The van der Waals surface area contributed by atoms with E-state index in [4.69, 9.17) is 11.6 Å². The minimum atomic E-state index is -1.64. The van der Waals surface area contributed by atoms with Crippen LogP contribution in [0.5, 0.6) is 0 Å². The van der Waals surface area contributed by atoms with Gasteiger partial charge in [-0.1, -0.05) is 28.1 Å². The number of amides is 1. The summed E-state index contributed by atoms with van der Waals surface area (Å²) in [5.41, 5.74) is 4.59. The van der Waals surface area contributed by atoms with E-state index in [1.54, 1.807) is 68.0 Å². The molecule has 0 spiro atoms. The van der Waals surface area contributed by atoms with Crippen molar-refractivity contribution in [3.63, 3.8) is 0 Å². The molecule has 1 unspecified atom stereocenters. The lowest BCUT2D eigenvalue weighted by atomic mass is 10.1. The van der Waals surface area contributed by atoms with E-state index < -0.39 is 22.0 Å². The topological polar surface area (TPSA) is 113 Å². The van der Waals surface area contributed by atoms with E-state index >= 15 is 0 Å². The Bertz CT molecular complexity index is 1670. The van der Waals surface area contributed by atoms with E-state index in [-0.39, 0.29) is 5.71 Å². The monoisotopic (exact) mass is 559 g/mol. The van der Waals surface area contributed by atoms with Gasteiger partial charge in [0.25, 0.3) is 5.91 Å². The standard InChI is InChI=1S/C28H26ClN7O2S/c1-28(2,3)39(38)34-25(18-5-9-21(29)10-6-18)27(37)33-22-11-7-19(8-12-22)26-31-17-30-24-14-13-23(36(24)26)20-15-32-35(4)16-20/h5-17H,1-4H3,(H,33,37). The first kappa shape index (κ1) is 26.6. The Hall–Kier alpha value is -3.99. The highest BCUT2D eigenvalue weighted by atomic mass is 35.5. The molecule has 9 nitrogen and oxygen atoms in total. The third-order valence-electron chi connectivity index (χ3n) is 5.87. The van der Waals surface area contributed by atoms with Crippen LogP contribution in [0.15, 0.2) is 83.8 Å². The van der Waals surface area contributed by atoms with E-state index in [0.717, 1.165) is 22.5 Å². The van der Waals surface area contributed by atoms with Crippen molar-refractivity contribution in [1.82, 2.24) is 24.1 Å². The van der Waals surface area contributed by atoms with Crippen LogP contribution in [0.2, 0.25) is 5.02 Å². The maximum absolute atomic E-state index is 13.3. The molecular weight excluding hydrogens is 534 g/mol. The van der Waals surface area contributed by atoms with Gasteiger partial charge in [-0.25, -0.2) is 9.97 Å². The summed E-state index contributed by atoms with van der Waals surface area (Å²) < 4.78 is 20.2. The van der Waals surface area contributed by atoms with Gasteiger partial charge in [-0.3, -0.25) is 13.9 Å². The zero-order valence-corrected chi connectivity index (χ0v) is 23.4. The number of aryl methyl sites for hydroxylation is 1.